The maximum absolute atomic E-state index is 12.6. The Bertz CT molecular complexity index is 818. The summed E-state index contributed by atoms with van der Waals surface area (Å²) >= 11 is 1.38. The summed E-state index contributed by atoms with van der Waals surface area (Å²) in [4.78, 5) is 13.2. The van der Waals surface area contributed by atoms with Crippen LogP contribution in [0.1, 0.15) is 40.9 Å². The summed E-state index contributed by atoms with van der Waals surface area (Å²) in [5.74, 6) is -0.201. The van der Waals surface area contributed by atoms with Crippen LogP contribution in [0.3, 0.4) is 0 Å². The van der Waals surface area contributed by atoms with Gasteiger partial charge in [0.25, 0.3) is 5.91 Å². The number of rotatable bonds is 4. The van der Waals surface area contributed by atoms with Crippen LogP contribution < -0.4 is 5.32 Å². The second-order valence-electron chi connectivity index (χ2n) is 5.87. The summed E-state index contributed by atoms with van der Waals surface area (Å²) < 4.78 is 25.3. The van der Waals surface area contributed by atoms with E-state index in [1.807, 2.05) is 18.4 Å². The number of hydrogen-bond acceptors (Lipinski definition) is 4. The zero-order chi connectivity index (χ0) is 16.4. The van der Waals surface area contributed by atoms with E-state index in [9.17, 15) is 13.2 Å². The van der Waals surface area contributed by atoms with Gasteiger partial charge in [-0.1, -0.05) is 18.9 Å². The molecule has 0 aliphatic heterocycles. The maximum Gasteiger partial charge on any atom is 0.265 e. The summed E-state index contributed by atoms with van der Waals surface area (Å²) in [5.41, 5.74) is 1.43. The molecular weight excluding hydrogens is 330 g/mol. The predicted octanol–water partition coefficient (Wildman–Crippen LogP) is 4.03. The summed E-state index contributed by atoms with van der Waals surface area (Å²) in [5, 5.41) is 4.38. The van der Waals surface area contributed by atoms with Crippen molar-refractivity contribution < 1.29 is 13.2 Å². The molecule has 0 atom stereocenters. The van der Waals surface area contributed by atoms with Crippen LogP contribution >= 0.6 is 11.3 Å². The van der Waals surface area contributed by atoms with Gasteiger partial charge in [0.2, 0.25) is 0 Å². The Hall–Kier alpha value is -1.66. The van der Waals surface area contributed by atoms with E-state index in [2.05, 4.69) is 5.32 Å². The van der Waals surface area contributed by atoms with Crippen LogP contribution in [0, 0.1) is 6.92 Å². The third kappa shape index (κ3) is 3.33. The number of carbonyl (C=O) groups is 1. The van der Waals surface area contributed by atoms with Crippen LogP contribution in [0.25, 0.3) is 0 Å². The summed E-state index contributed by atoms with van der Waals surface area (Å²) in [6.07, 6.45) is 3.40. The first-order valence-corrected chi connectivity index (χ1v) is 10.1. The molecule has 2 aromatic rings. The van der Waals surface area contributed by atoms with Gasteiger partial charge in [-0.05, 0) is 55.0 Å². The maximum atomic E-state index is 12.6. The van der Waals surface area contributed by atoms with Crippen molar-refractivity contribution in [2.24, 2.45) is 0 Å². The minimum absolute atomic E-state index is 0.201. The van der Waals surface area contributed by atoms with Crippen molar-refractivity contribution in [2.45, 2.75) is 42.8 Å². The normalized spacial score (nSPS) is 15.7. The molecular formula is C17H19NO3S2. The number of hydrogen-bond donors (Lipinski definition) is 1. The largest absolute Gasteiger partial charge is 0.321 e. The molecule has 1 aromatic heterocycles. The van der Waals surface area contributed by atoms with Crippen LogP contribution in [-0.2, 0) is 9.84 Å². The summed E-state index contributed by atoms with van der Waals surface area (Å²) in [6.45, 7) is 1.88. The minimum atomic E-state index is -3.31. The van der Waals surface area contributed by atoms with Crippen LogP contribution in [0.15, 0.2) is 40.6 Å². The fraction of sp³-hybridized carbons (Fsp3) is 0.353. The number of anilines is 1. The standard InChI is InChI=1S/C17H19NO3S2/c1-12-9-10-22-16(12)17(19)18-13-5-4-8-15(11-13)23(20,21)14-6-2-3-7-14/h4-5,8-11,14H,2-3,6-7H2,1H3,(H,18,19). The van der Waals surface area contributed by atoms with E-state index in [-0.39, 0.29) is 11.2 Å². The Labute approximate surface area is 140 Å². The van der Waals surface area contributed by atoms with Gasteiger partial charge in [-0.15, -0.1) is 11.3 Å². The zero-order valence-electron chi connectivity index (χ0n) is 12.9. The number of carbonyl (C=O) groups excluding carboxylic acids is 1. The number of thiophene rings is 1. The van der Waals surface area contributed by atoms with Gasteiger partial charge in [0, 0.05) is 5.69 Å². The molecule has 0 saturated heterocycles. The van der Waals surface area contributed by atoms with Crippen LogP contribution in [0.2, 0.25) is 0 Å². The van der Waals surface area contributed by atoms with Gasteiger partial charge in [0.1, 0.15) is 0 Å². The van der Waals surface area contributed by atoms with E-state index in [0.29, 0.717) is 15.5 Å². The molecule has 0 bridgehead atoms. The SMILES string of the molecule is Cc1ccsc1C(=O)Nc1cccc(S(=O)(=O)C2CCCC2)c1. The van der Waals surface area contributed by atoms with Crippen molar-refractivity contribution in [3.05, 3.63) is 46.2 Å². The molecule has 6 heteroatoms. The Balaban J connectivity index is 1.83. The highest BCUT2D eigenvalue weighted by atomic mass is 32.2. The fourth-order valence-corrected chi connectivity index (χ4v) is 5.65. The van der Waals surface area contributed by atoms with Gasteiger partial charge in [0.05, 0.1) is 15.0 Å². The van der Waals surface area contributed by atoms with Crippen molar-refractivity contribution in [2.75, 3.05) is 5.32 Å². The number of benzene rings is 1. The molecule has 0 radical (unpaired) electrons. The van der Waals surface area contributed by atoms with E-state index in [4.69, 9.17) is 0 Å². The second kappa shape index (κ2) is 6.45. The summed E-state index contributed by atoms with van der Waals surface area (Å²) in [6, 6.07) is 8.46. The first-order valence-electron chi connectivity index (χ1n) is 7.68. The summed E-state index contributed by atoms with van der Waals surface area (Å²) in [7, 11) is -3.31. The van der Waals surface area contributed by atoms with E-state index in [1.54, 1.807) is 24.3 Å². The number of sulfone groups is 1. The number of nitrogens with one attached hydrogen (secondary N) is 1. The van der Waals surface area contributed by atoms with Gasteiger partial charge in [0.15, 0.2) is 9.84 Å². The lowest BCUT2D eigenvalue weighted by atomic mass is 10.2. The highest BCUT2D eigenvalue weighted by Gasteiger charge is 2.30. The molecule has 1 saturated carbocycles. The average molecular weight is 349 g/mol. The topological polar surface area (TPSA) is 63.2 Å². The molecule has 0 spiro atoms. The lowest BCUT2D eigenvalue weighted by molar-refractivity contribution is 0.103. The average Bonchev–Trinajstić information content (AvgIpc) is 3.19. The predicted molar refractivity (Wildman–Crippen MR) is 92.9 cm³/mol. The monoisotopic (exact) mass is 349 g/mol. The van der Waals surface area contributed by atoms with Crippen molar-refractivity contribution in [1.29, 1.82) is 0 Å². The van der Waals surface area contributed by atoms with Crippen LogP contribution in [0.4, 0.5) is 5.69 Å². The van der Waals surface area contributed by atoms with E-state index in [0.717, 1.165) is 31.2 Å². The molecule has 23 heavy (non-hydrogen) atoms. The van der Waals surface area contributed by atoms with Crippen LogP contribution in [-0.4, -0.2) is 19.6 Å². The number of amides is 1. The first-order chi connectivity index (χ1) is 11.0. The fourth-order valence-electron chi connectivity index (χ4n) is 2.94. The molecule has 1 aromatic carbocycles. The third-order valence-corrected chi connectivity index (χ3v) is 7.51. The molecule has 1 aliphatic rings. The highest BCUT2D eigenvalue weighted by Crippen LogP contribution is 2.30. The smallest absolute Gasteiger partial charge is 0.265 e. The van der Waals surface area contributed by atoms with Gasteiger partial charge < -0.3 is 5.32 Å². The van der Waals surface area contributed by atoms with Crippen molar-refractivity contribution in [3.63, 3.8) is 0 Å². The van der Waals surface area contributed by atoms with Crippen LogP contribution in [0.5, 0.6) is 0 Å². The van der Waals surface area contributed by atoms with Gasteiger partial charge in [-0.3, -0.25) is 4.79 Å². The lowest BCUT2D eigenvalue weighted by Gasteiger charge is -2.12. The molecule has 122 valence electrons. The van der Waals surface area contributed by atoms with Gasteiger partial charge in [-0.25, -0.2) is 8.42 Å². The molecule has 1 amide bonds. The molecule has 1 heterocycles. The lowest BCUT2D eigenvalue weighted by Crippen LogP contribution is -2.18. The first kappa shape index (κ1) is 16.2. The third-order valence-electron chi connectivity index (χ3n) is 4.23. The van der Waals surface area contributed by atoms with Crippen molar-refractivity contribution in [3.8, 4) is 0 Å². The minimum Gasteiger partial charge on any atom is -0.321 e. The molecule has 3 rings (SSSR count). The zero-order valence-corrected chi connectivity index (χ0v) is 14.5. The quantitative estimate of drug-likeness (QED) is 0.906. The van der Waals surface area contributed by atoms with Gasteiger partial charge >= 0.3 is 0 Å². The molecule has 4 nitrogen and oxygen atoms in total. The Kier molecular flexibility index (Phi) is 4.55. The second-order valence-corrected chi connectivity index (χ2v) is 9.01. The Morgan fingerprint density at radius 2 is 1.96 bits per heavy atom. The van der Waals surface area contributed by atoms with Crippen molar-refractivity contribution >= 4 is 32.8 Å². The van der Waals surface area contributed by atoms with E-state index in [1.165, 1.54) is 11.3 Å². The van der Waals surface area contributed by atoms with Gasteiger partial charge in [-0.2, -0.15) is 0 Å². The molecule has 1 N–H and O–H groups in total. The Morgan fingerprint density at radius 1 is 1.22 bits per heavy atom. The Morgan fingerprint density at radius 3 is 2.61 bits per heavy atom. The molecule has 0 unspecified atom stereocenters. The van der Waals surface area contributed by atoms with E-state index < -0.39 is 9.84 Å². The number of aryl methyl sites for hydroxylation is 1. The highest BCUT2D eigenvalue weighted by molar-refractivity contribution is 7.92. The molecule has 1 aliphatic carbocycles. The molecule has 1 fully saturated rings. The van der Waals surface area contributed by atoms with Crippen molar-refractivity contribution in [1.82, 2.24) is 0 Å². The van der Waals surface area contributed by atoms with E-state index >= 15 is 0 Å².